The molecule has 21 heavy (non-hydrogen) atoms. The highest BCUT2D eigenvalue weighted by atomic mass is 32.1. The molecule has 0 bridgehead atoms. The number of aryl methyl sites for hydroxylation is 3. The molecule has 114 valence electrons. The first kappa shape index (κ1) is 15.5. The minimum Gasteiger partial charge on any atom is -0.362 e. The first-order chi connectivity index (χ1) is 9.92. The Bertz CT molecular complexity index is 647. The lowest BCUT2D eigenvalue weighted by molar-refractivity contribution is -0.384. The molecule has 0 fully saturated rings. The van der Waals surface area contributed by atoms with Gasteiger partial charge in [-0.05, 0) is 32.4 Å². The third-order valence-electron chi connectivity index (χ3n) is 3.30. The number of nitrogens with one attached hydrogen (secondary N) is 1. The molecule has 0 radical (unpaired) electrons. The maximum Gasteiger partial charge on any atom is 0.333 e. The van der Waals surface area contributed by atoms with Gasteiger partial charge in [-0.2, -0.15) is 5.10 Å². The van der Waals surface area contributed by atoms with Crippen LogP contribution in [0.2, 0.25) is 0 Å². The summed E-state index contributed by atoms with van der Waals surface area (Å²) in [5, 5.41) is 18.7. The van der Waals surface area contributed by atoms with E-state index in [1.165, 1.54) is 9.75 Å². The Morgan fingerprint density at radius 2 is 2.24 bits per heavy atom. The Hall–Kier alpha value is -1.89. The fourth-order valence-corrected chi connectivity index (χ4v) is 3.36. The van der Waals surface area contributed by atoms with Crippen molar-refractivity contribution in [2.75, 3.05) is 5.32 Å². The van der Waals surface area contributed by atoms with E-state index < -0.39 is 0 Å². The van der Waals surface area contributed by atoms with Crippen molar-refractivity contribution in [2.24, 2.45) is 7.05 Å². The Morgan fingerprint density at radius 1 is 1.52 bits per heavy atom. The van der Waals surface area contributed by atoms with Crippen molar-refractivity contribution in [1.29, 1.82) is 0 Å². The molecular weight excluding hydrogens is 288 g/mol. The monoisotopic (exact) mass is 308 g/mol. The lowest BCUT2D eigenvalue weighted by atomic mass is 10.2. The van der Waals surface area contributed by atoms with Crippen LogP contribution in [-0.2, 0) is 19.9 Å². The smallest absolute Gasteiger partial charge is 0.333 e. The van der Waals surface area contributed by atoms with Crippen LogP contribution in [0, 0.1) is 17.0 Å². The van der Waals surface area contributed by atoms with Gasteiger partial charge < -0.3 is 5.32 Å². The Balaban J connectivity index is 2.18. The second kappa shape index (κ2) is 6.26. The molecule has 7 heteroatoms. The molecule has 2 aromatic rings. The van der Waals surface area contributed by atoms with Crippen molar-refractivity contribution >= 4 is 22.8 Å². The summed E-state index contributed by atoms with van der Waals surface area (Å²) < 4.78 is 1.56. The molecule has 1 N–H and O–H groups in total. The van der Waals surface area contributed by atoms with E-state index in [1.807, 2.05) is 13.8 Å². The summed E-state index contributed by atoms with van der Waals surface area (Å²) in [5.74, 6) is 0.484. The average molecular weight is 308 g/mol. The van der Waals surface area contributed by atoms with Gasteiger partial charge in [-0.1, -0.05) is 6.92 Å². The number of aromatic nitrogens is 2. The lowest BCUT2D eigenvalue weighted by Gasteiger charge is -2.13. The van der Waals surface area contributed by atoms with Gasteiger partial charge in [-0.25, -0.2) is 4.68 Å². The Kier molecular flexibility index (Phi) is 4.62. The first-order valence-corrected chi connectivity index (χ1v) is 7.76. The summed E-state index contributed by atoms with van der Waals surface area (Å²) in [6.07, 6.45) is 1.38. The third-order valence-corrected chi connectivity index (χ3v) is 4.32. The molecule has 2 heterocycles. The summed E-state index contributed by atoms with van der Waals surface area (Å²) in [5.41, 5.74) is 0.610. The van der Waals surface area contributed by atoms with Crippen LogP contribution in [0.1, 0.15) is 29.3 Å². The second-order valence-electron chi connectivity index (χ2n) is 5.14. The molecule has 0 aliphatic rings. The number of hydrogen-bond donors (Lipinski definition) is 1. The zero-order valence-corrected chi connectivity index (χ0v) is 13.5. The largest absolute Gasteiger partial charge is 0.362 e. The topological polar surface area (TPSA) is 73.0 Å². The molecule has 0 aliphatic carbocycles. The molecule has 0 saturated carbocycles. The quantitative estimate of drug-likeness (QED) is 0.656. The summed E-state index contributed by atoms with van der Waals surface area (Å²) in [6.45, 7) is 5.97. The fraction of sp³-hybridized carbons (Fsp3) is 0.500. The van der Waals surface area contributed by atoms with Crippen LogP contribution in [0.15, 0.2) is 12.1 Å². The number of nitro groups is 1. The summed E-state index contributed by atoms with van der Waals surface area (Å²) in [6, 6.07) is 4.30. The maximum atomic E-state index is 11.3. The number of thiophene rings is 1. The van der Waals surface area contributed by atoms with Crippen LogP contribution in [0.5, 0.6) is 0 Å². The van der Waals surface area contributed by atoms with E-state index in [2.05, 4.69) is 29.5 Å². The molecular formula is C14H20N4O2S. The Morgan fingerprint density at radius 3 is 2.76 bits per heavy atom. The second-order valence-corrected chi connectivity index (χ2v) is 6.51. The number of anilines is 1. The molecule has 0 spiro atoms. The van der Waals surface area contributed by atoms with Gasteiger partial charge in [0.1, 0.15) is 5.69 Å². The molecule has 1 atom stereocenters. The minimum atomic E-state index is -0.351. The number of nitrogens with zero attached hydrogens (tertiary/aromatic N) is 3. The van der Waals surface area contributed by atoms with Crippen molar-refractivity contribution in [2.45, 2.75) is 39.7 Å². The maximum absolute atomic E-state index is 11.3. The van der Waals surface area contributed by atoms with Crippen molar-refractivity contribution in [3.05, 3.63) is 37.7 Å². The molecule has 2 rings (SSSR count). The average Bonchev–Trinajstić information content (AvgIpc) is 2.94. The highest BCUT2D eigenvalue weighted by molar-refractivity contribution is 7.11. The predicted octanol–water partition coefficient (Wildman–Crippen LogP) is 3.30. The summed E-state index contributed by atoms with van der Waals surface area (Å²) in [4.78, 5) is 13.5. The molecule has 0 amide bonds. The highest BCUT2D eigenvalue weighted by Crippen LogP contribution is 2.29. The third kappa shape index (κ3) is 3.41. The molecule has 1 unspecified atom stereocenters. The zero-order valence-electron chi connectivity index (χ0n) is 12.7. The molecule has 0 saturated heterocycles. The molecule has 2 aromatic heterocycles. The fourth-order valence-electron chi connectivity index (χ4n) is 2.34. The minimum absolute atomic E-state index is 0.0919. The van der Waals surface area contributed by atoms with Gasteiger partial charge in [0.05, 0.1) is 4.92 Å². The van der Waals surface area contributed by atoms with Crippen molar-refractivity contribution in [3.63, 3.8) is 0 Å². The van der Waals surface area contributed by atoms with Crippen LogP contribution < -0.4 is 5.32 Å². The molecule has 0 aromatic carbocycles. The van der Waals surface area contributed by atoms with Gasteiger partial charge >= 0.3 is 5.69 Å². The van der Waals surface area contributed by atoms with Crippen LogP contribution in [-0.4, -0.2) is 20.7 Å². The van der Waals surface area contributed by atoms with E-state index in [4.69, 9.17) is 0 Å². The van der Waals surface area contributed by atoms with Gasteiger partial charge in [0.2, 0.25) is 5.82 Å². The number of hydrogen-bond acceptors (Lipinski definition) is 5. The lowest BCUT2D eigenvalue weighted by Crippen LogP contribution is -2.20. The number of rotatable bonds is 6. The molecule has 6 nitrogen and oxygen atoms in total. The molecule has 0 aliphatic heterocycles. The van der Waals surface area contributed by atoms with E-state index >= 15 is 0 Å². The van der Waals surface area contributed by atoms with Gasteiger partial charge in [-0.15, -0.1) is 11.3 Å². The van der Waals surface area contributed by atoms with Crippen molar-refractivity contribution in [1.82, 2.24) is 9.78 Å². The van der Waals surface area contributed by atoms with Crippen LogP contribution in [0.25, 0.3) is 0 Å². The van der Waals surface area contributed by atoms with Gasteiger partial charge in [0, 0.05) is 29.3 Å². The highest BCUT2D eigenvalue weighted by Gasteiger charge is 2.26. The van der Waals surface area contributed by atoms with Crippen LogP contribution in [0.3, 0.4) is 0 Å². The van der Waals surface area contributed by atoms with Gasteiger partial charge in [0.25, 0.3) is 0 Å². The van der Waals surface area contributed by atoms with Gasteiger partial charge in [0.15, 0.2) is 0 Å². The normalized spacial score (nSPS) is 12.4. The predicted molar refractivity (Wildman–Crippen MR) is 85.1 cm³/mol. The van der Waals surface area contributed by atoms with E-state index in [0.717, 1.165) is 6.42 Å². The van der Waals surface area contributed by atoms with Crippen molar-refractivity contribution in [3.8, 4) is 0 Å². The van der Waals surface area contributed by atoms with Crippen LogP contribution in [0.4, 0.5) is 11.5 Å². The van der Waals surface area contributed by atoms with Crippen molar-refractivity contribution < 1.29 is 4.92 Å². The van der Waals surface area contributed by atoms with Gasteiger partial charge in [-0.3, -0.25) is 10.1 Å². The van der Waals surface area contributed by atoms with E-state index in [1.54, 1.807) is 23.1 Å². The first-order valence-electron chi connectivity index (χ1n) is 6.94. The summed E-state index contributed by atoms with van der Waals surface area (Å²) >= 11 is 1.75. The standard InChI is InChI=1S/C14H20N4O2S/c1-5-12-13(18(19)20)14(17(4)16-12)15-9(2)8-11-7-6-10(3)21-11/h6-7,9,15H,5,8H2,1-4H3. The van der Waals surface area contributed by atoms with E-state index in [0.29, 0.717) is 17.9 Å². The van der Waals surface area contributed by atoms with E-state index in [9.17, 15) is 10.1 Å². The van der Waals surface area contributed by atoms with Crippen LogP contribution >= 0.6 is 11.3 Å². The van der Waals surface area contributed by atoms with E-state index in [-0.39, 0.29) is 16.7 Å². The summed E-state index contributed by atoms with van der Waals surface area (Å²) in [7, 11) is 1.73. The SMILES string of the molecule is CCc1nn(C)c(NC(C)Cc2ccc(C)s2)c1[N+](=O)[O-]. The Labute approximate surface area is 127 Å². The zero-order chi connectivity index (χ0) is 15.6.